The van der Waals surface area contributed by atoms with Gasteiger partial charge in [-0.2, -0.15) is 0 Å². The molecule has 1 aliphatic heterocycles. The van der Waals surface area contributed by atoms with Crippen LogP contribution in [0.5, 0.6) is 5.75 Å². The molecule has 1 saturated heterocycles. The van der Waals surface area contributed by atoms with Gasteiger partial charge in [-0.1, -0.05) is 6.07 Å². The summed E-state index contributed by atoms with van der Waals surface area (Å²) in [6, 6.07) is 11.4. The van der Waals surface area contributed by atoms with Gasteiger partial charge in [-0.25, -0.2) is 13.8 Å². The van der Waals surface area contributed by atoms with Gasteiger partial charge in [0.2, 0.25) is 0 Å². The number of pyridine rings is 1. The standard InChI is InChI=1S/C32H34F2N4O4/c1-18-13-20(17-36(2)31(18)39)19-5-11-27-26(14-19)35-30(37(27)21-6-9-23(41-3)10-7-21)28-16-25(34)32(40)38(28)22-8-12-29(42-4)24(33)15-22/h5,8,11-15,17,21,23,25,28H,6-7,9-10,16H2,1-4H3/t21-,23-,25-,28-/m0/s1. The van der Waals surface area contributed by atoms with Crippen LogP contribution in [0.25, 0.3) is 22.2 Å². The summed E-state index contributed by atoms with van der Waals surface area (Å²) in [5.41, 5.74) is 4.19. The Balaban J connectivity index is 1.50. The van der Waals surface area contributed by atoms with Crippen molar-refractivity contribution < 1.29 is 23.0 Å². The maximum atomic E-state index is 15.2. The van der Waals surface area contributed by atoms with Crippen LogP contribution in [0.4, 0.5) is 14.5 Å². The number of benzene rings is 2. The highest BCUT2D eigenvalue weighted by molar-refractivity contribution is 6.00. The highest BCUT2D eigenvalue weighted by Gasteiger charge is 2.45. The molecule has 0 bridgehead atoms. The third-order valence-corrected chi connectivity index (χ3v) is 8.71. The van der Waals surface area contributed by atoms with Gasteiger partial charge < -0.3 is 18.6 Å². The lowest BCUT2D eigenvalue weighted by Crippen LogP contribution is -2.32. The number of anilines is 1. The molecule has 2 aromatic carbocycles. The van der Waals surface area contributed by atoms with E-state index in [0.29, 0.717) is 16.9 Å². The number of rotatable bonds is 6. The summed E-state index contributed by atoms with van der Waals surface area (Å²) in [5, 5.41) is 0. The molecule has 10 heteroatoms. The molecule has 3 heterocycles. The van der Waals surface area contributed by atoms with Gasteiger partial charge in [0.1, 0.15) is 5.82 Å². The second-order valence-corrected chi connectivity index (χ2v) is 11.3. The topological polar surface area (TPSA) is 78.6 Å². The van der Waals surface area contributed by atoms with Crippen LogP contribution in [0.3, 0.4) is 0 Å². The van der Waals surface area contributed by atoms with Gasteiger partial charge in [-0.3, -0.25) is 14.5 Å². The van der Waals surface area contributed by atoms with Crippen molar-refractivity contribution in [3.8, 4) is 16.9 Å². The molecule has 0 radical (unpaired) electrons. The fourth-order valence-electron chi connectivity index (χ4n) is 6.53. The van der Waals surface area contributed by atoms with E-state index >= 15 is 4.39 Å². The van der Waals surface area contributed by atoms with Crippen molar-refractivity contribution in [3.05, 3.63) is 76.2 Å². The van der Waals surface area contributed by atoms with E-state index < -0.39 is 23.9 Å². The van der Waals surface area contributed by atoms with E-state index in [2.05, 4.69) is 4.57 Å². The van der Waals surface area contributed by atoms with E-state index in [1.807, 2.05) is 24.3 Å². The zero-order chi connectivity index (χ0) is 29.7. The smallest absolute Gasteiger partial charge is 0.262 e. The summed E-state index contributed by atoms with van der Waals surface area (Å²) in [6.07, 6.45) is 3.59. The fraction of sp³-hybridized carbons (Fsp3) is 0.406. The largest absolute Gasteiger partial charge is 0.494 e. The SMILES string of the molecule is COc1ccc(N2C(=O)[C@@H](F)C[C@H]2c2nc3cc(-c4cc(C)c(=O)n(C)c4)ccc3n2[C@H]2CC[C@H](OC)CC2)cc1F. The second-order valence-electron chi connectivity index (χ2n) is 11.3. The van der Waals surface area contributed by atoms with Gasteiger partial charge in [-0.05, 0) is 74.1 Å². The van der Waals surface area contributed by atoms with Crippen LogP contribution in [-0.2, 0) is 16.6 Å². The van der Waals surface area contributed by atoms with Crippen molar-refractivity contribution in [1.29, 1.82) is 0 Å². The Morgan fingerprint density at radius 2 is 1.74 bits per heavy atom. The number of halogens is 2. The number of carbonyl (C=O) groups is 1. The molecule has 4 aromatic rings. The number of ether oxygens (including phenoxy) is 2. The van der Waals surface area contributed by atoms with E-state index in [9.17, 15) is 14.0 Å². The molecular formula is C32H34F2N4O4. The maximum absolute atomic E-state index is 15.2. The molecule has 0 spiro atoms. The number of nitrogens with zero attached hydrogens (tertiary/aromatic N) is 4. The number of fused-ring (bicyclic) bond motifs is 1. The zero-order valence-electron chi connectivity index (χ0n) is 24.1. The molecule has 2 aromatic heterocycles. The number of carbonyl (C=O) groups excluding carboxylic acids is 1. The predicted octanol–water partition coefficient (Wildman–Crippen LogP) is 5.80. The molecule has 1 aliphatic carbocycles. The molecule has 2 fully saturated rings. The number of hydrogen-bond donors (Lipinski definition) is 0. The molecule has 1 saturated carbocycles. The van der Waals surface area contributed by atoms with Gasteiger partial charge in [0.05, 0.1) is 30.3 Å². The zero-order valence-corrected chi connectivity index (χ0v) is 24.1. The van der Waals surface area contributed by atoms with Crippen LogP contribution < -0.4 is 15.2 Å². The Bertz CT molecular complexity index is 1700. The van der Waals surface area contributed by atoms with Crippen LogP contribution in [0.2, 0.25) is 0 Å². The fourth-order valence-corrected chi connectivity index (χ4v) is 6.53. The Labute approximate surface area is 242 Å². The molecule has 2 atom stereocenters. The number of amides is 1. The van der Waals surface area contributed by atoms with Crippen molar-refractivity contribution in [1.82, 2.24) is 14.1 Å². The minimum absolute atomic E-state index is 0.0436. The Hall–Kier alpha value is -4.05. The molecule has 8 nitrogen and oxygen atoms in total. The first-order chi connectivity index (χ1) is 20.2. The monoisotopic (exact) mass is 576 g/mol. The Kier molecular flexibility index (Phi) is 7.34. The number of hydrogen-bond acceptors (Lipinski definition) is 5. The molecule has 0 N–H and O–H groups in total. The Morgan fingerprint density at radius 1 is 0.976 bits per heavy atom. The summed E-state index contributed by atoms with van der Waals surface area (Å²) < 4.78 is 44.3. The molecule has 1 amide bonds. The summed E-state index contributed by atoms with van der Waals surface area (Å²) in [6.45, 7) is 1.79. The van der Waals surface area contributed by atoms with E-state index in [1.165, 1.54) is 24.1 Å². The minimum atomic E-state index is -1.73. The molecule has 0 unspecified atom stereocenters. The lowest BCUT2D eigenvalue weighted by Gasteiger charge is -2.32. The first kappa shape index (κ1) is 28.1. The van der Waals surface area contributed by atoms with Crippen molar-refractivity contribution in [3.63, 3.8) is 0 Å². The number of aromatic nitrogens is 3. The molecule has 42 heavy (non-hydrogen) atoms. The van der Waals surface area contributed by atoms with Crippen molar-refractivity contribution >= 4 is 22.6 Å². The number of methoxy groups -OCH3 is 2. The first-order valence-electron chi connectivity index (χ1n) is 14.2. The number of aryl methyl sites for hydroxylation is 2. The normalized spacial score (nSPS) is 22.7. The van der Waals surface area contributed by atoms with E-state index in [4.69, 9.17) is 14.5 Å². The lowest BCUT2D eigenvalue weighted by molar-refractivity contribution is -0.121. The van der Waals surface area contributed by atoms with Gasteiger partial charge in [0.15, 0.2) is 17.7 Å². The van der Waals surface area contributed by atoms with Crippen LogP contribution in [0.1, 0.15) is 55.6 Å². The van der Waals surface area contributed by atoms with E-state index in [-0.39, 0.29) is 35.6 Å². The quantitative estimate of drug-likeness (QED) is 0.290. The first-order valence-corrected chi connectivity index (χ1v) is 14.2. The van der Waals surface area contributed by atoms with Crippen LogP contribution in [0.15, 0.2) is 53.5 Å². The van der Waals surface area contributed by atoms with Gasteiger partial charge >= 0.3 is 0 Å². The van der Waals surface area contributed by atoms with Gasteiger partial charge in [0.25, 0.3) is 11.5 Å². The van der Waals surface area contributed by atoms with E-state index in [1.54, 1.807) is 37.9 Å². The third-order valence-electron chi connectivity index (χ3n) is 8.71. The average molecular weight is 577 g/mol. The minimum Gasteiger partial charge on any atom is -0.494 e. The molecule has 6 rings (SSSR count). The summed E-state index contributed by atoms with van der Waals surface area (Å²) in [5.74, 6) is -0.730. The van der Waals surface area contributed by atoms with Crippen molar-refractivity contribution in [2.24, 2.45) is 7.05 Å². The van der Waals surface area contributed by atoms with Crippen molar-refractivity contribution in [2.75, 3.05) is 19.1 Å². The van der Waals surface area contributed by atoms with Crippen molar-refractivity contribution in [2.45, 2.75) is 63.4 Å². The number of imidazole rings is 1. The van der Waals surface area contributed by atoms with E-state index in [0.717, 1.165) is 42.3 Å². The van der Waals surface area contributed by atoms with Gasteiger partial charge in [-0.15, -0.1) is 0 Å². The summed E-state index contributed by atoms with van der Waals surface area (Å²) >= 11 is 0. The average Bonchev–Trinajstić information content (AvgIpc) is 3.51. The molecule has 220 valence electrons. The molecular weight excluding hydrogens is 542 g/mol. The second kappa shape index (κ2) is 11.0. The van der Waals surface area contributed by atoms with Crippen LogP contribution >= 0.6 is 0 Å². The highest BCUT2D eigenvalue weighted by atomic mass is 19.1. The number of alkyl halides is 1. The third kappa shape index (κ3) is 4.77. The van der Waals surface area contributed by atoms with Crippen LogP contribution in [0, 0.1) is 12.7 Å². The maximum Gasteiger partial charge on any atom is 0.262 e. The highest BCUT2D eigenvalue weighted by Crippen LogP contribution is 2.43. The van der Waals surface area contributed by atoms with Gasteiger partial charge in [0, 0.05) is 50.1 Å². The summed E-state index contributed by atoms with van der Waals surface area (Å²) in [7, 11) is 4.81. The summed E-state index contributed by atoms with van der Waals surface area (Å²) in [4.78, 5) is 31.8. The molecule has 2 aliphatic rings. The predicted molar refractivity (Wildman–Crippen MR) is 156 cm³/mol. The Morgan fingerprint density at radius 3 is 2.40 bits per heavy atom. The lowest BCUT2D eigenvalue weighted by atomic mass is 9.92. The van der Waals surface area contributed by atoms with Crippen LogP contribution in [-0.4, -0.2) is 46.5 Å².